The summed E-state index contributed by atoms with van der Waals surface area (Å²) in [6, 6.07) is 30.1. The number of fused-ring (bicyclic) bond motifs is 2. The first-order chi connectivity index (χ1) is 32.5. The predicted molar refractivity (Wildman–Crippen MR) is 255 cm³/mol. The van der Waals surface area contributed by atoms with Crippen LogP contribution in [0, 0.1) is 6.92 Å². The normalized spacial score (nSPS) is 15.2. The zero-order valence-corrected chi connectivity index (χ0v) is 37.3. The molecule has 2 fully saturated rings. The van der Waals surface area contributed by atoms with Crippen molar-refractivity contribution >= 4 is 91.6 Å². The Bertz CT molecular complexity index is 3200. The van der Waals surface area contributed by atoms with Crippen molar-refractivity contribution in [3.8, 4) is 23.0 Å². The van der Waals surface area contributed by atoms with Gasteiger partial charge in [0.2, 0.25) is 11.8 Å². The van der Waals surface area contributed by atoms with Crippen molar-refractivity contribution in [3.63, 3.8) is 0 Å². The molecule has 2 atom stereocenters. The van der Waals surface area contributed by atoms with E-state index < -0.39 is 23.7 Å². The molecule has 18 heteroatoms. The lowest BCUT2D eigenvalue weighted by molar-refractivity contribution is -0.126. The van der Waals surface area contributed by atoms with Crippen LogP contribution in [0.2, 0.25) is 10.0 Å². The van der Waals surface area contributed by atoms with E-state index in [1.54, 1.807) is 101 Å². The molecule has 336 valence electrons. The Morgan fingerprint density at radius 1 is 0.627 bits per heavy atom. The van der Waals surface area contributed by atoms with Gasteiger partial charge < -0.3 is 39.9 Å². The van der Waals surface area contributed by atoms with Crippen LogP contribution >= 0.6 is 23.2 Å². The molecular weight excluding hydrogens is 896 g/mol. The summed E-state index contributed by atoms with van der Waals surface area (Å²) in [5, 5.41) is 7.15. The van der Waals surface area contributed by atoms with Crippen LogP contribution in [-0.4, -0.2) is 93.0 Å². The van der Waals surface area contributed by atoms with E-state index in [0.717, 1.165) is 5.56 Å². The molecule has 4 aromatic carbocycles. The number of rotatable bonds is 11. The van der Waals surface area contributed by atoms with Crippen molar-refractivity contribution < 1.29 is 28.7 Å². The number of imidazole rings is 2. The fraction of sp³-hybridized carbons (Fsp3) is 0.184. The fourth-order valence-electron chi connectivity index (χ4n) is 8.47. The average molecular weight is 936 g/mol. The third-order valence-electron chi connectivity index (χ3n) is 11.7. The number of morpholine rings is 2. The molecule has 16 nitrogen and oxygen atoms in total. The smallest absolute Gasteiger partial charge is 0.253 e. The summed E-state index contributed by atoms with van der Waals surface area (Å²) in [5.41, 5.74) is 7.63. The van der Waals surface area contributed by atoms with Gasteiger partial charge in [-0.3, -0.25) is 29.1 Å². The number of pyridine rings is 2. The van der Waals surface area contributed by atoms with E-state index in [9.17, 15) is 9.59 Å². The molecule has 0 spiro atoms. The Balaban J connectivity index is 1.07. The standard InChI is InChI=1S/C49H40Cl2N10O6/c1-27-20-33(8-15-41(27)61-17-19-67-26-43(61)63)55-49(65)45(29-3-12-36-40(22-29)59-47(57-36)38-14-5-31(51)24-53-38)44(48(64)54-32-6-9-34(10-7-32)60-16-18-66-25-42(60)62)28-2-11-35-39(21-28)58-46(56-35)37-13-4-30(50)23-52-37/h2-15,20-24,44-45H,16-19,25-26H2,1H3,(H,54,64)(H,55,65)(H,56,58)(H,57,59). The fourth-order valence-corrected chi connectivity index (χ4v) is 8.69. The van der Waals surface area contributed by atoms with Gasteiger partial charge >= 0.3 is 0 Å². The molecule has 0 saturated carbocycles. The maximum absolute atomic E-state index is 15.3. The van der Waals surface area contributed by atoms with Gasteiger partial charge in [0.25, 0.3) is 11.8 Å². The number of nitrogens with zero attached hydrogens (tertiary/aromatic N) is 6. The monoisotopic (exact) mass is 934 g/mol. The van der Waals surface area contributed by atoms with E-state index in [1.807, 2.05) is 19.1 Å². The van der Waals surface area contributed by atoms with E-state index >= 15 is 9.59 Å². The van der Waals surface area contributed by atoms with Gasteiger partial charge in [0.1, 0.15) is 24.6 Å². The Kier molecular flexibility index (Phi) is 11.9. The number of amides is 4. The van der Waals surface area contributed by atoms with Crippen molar-refractivity contribution in [3.05, 3.63) is 142 Å². The lowest BCUT2D eigenvalue weighted by atomic mass is 9.79. The first-order valence-electron chi connectivity index (χ1n) is 21.4. The van der Waals surface area contributed by atoms with Crippen molar-refractivity contribution in [2.24, 2.45) is 0 Å². The highest BCUT2D eigenvalue weighted by Gasteiger charge is 2.38. The number of hydrogen-bond acceptors (Lipinski definition) is 10. The minimum atomic E-state index is -1.16. The largest absolute Gasteiger partial charge is 0.370 e. The molecule has 10 rings (SSSR count). The van der Waals surface area contributed by atoms with Crippen LogP contribution in [0.5, 0.6) is 0 Å². The predicted octanol–water partition coefficient (Wildman–Crippen LogP) is 8.05. The molecular formula is C49H40Cl2N10O6. The molecule has 67 heavy (non-hydrogen) atoms. The zero-order valence-electron chi connectivity index (χ0n) is 35.8. The first kappa shape index (κ1) is 43.4. The molecule has 0 bridgehead atoms. The maximum atomic E-state index is 15.3. The number of H-pyrrole nitrogens is 2. The van der Waals surface area contributed by atoms with E-state index in [4.69, 9.17) is 42.6 Å². The zero-order chi connectivity index (χ0) is 46.2. The summed E-state index contributed by atoms with van der Waals surface area (Å²) in [6.07, 6.45) is 3.07. The Labute approximate surface area is 392 Å². The number of carbonyl (C=O) groups is 4. The van der Waals surface area contributed by atoms with Crippen molar-refractivity contribution in [1.82, 2.24) is 29.9 Å². The maximum Gasteiger partial charge on any atom is 0.253 e. The van der Waals surface area contributed by atoms with Gasteiger partial charge in [-0.1, -0.05) is 35.3 Å². The third kappa shape index (κ3) is 9.07. The Morgan fingerprint density at radius 2 is 1.13 bits per heavy atom. The molecule has 2 saturated heterocycles. The second kappa shape index (κ2) is 18.4. The van der Waals surface area contributed by atoms with E-state index in [-0.39, 0.29) is 25.0 Å². The number of aromatic amines is 2. The van der Waals surface area contributed by atoms with Crippen LogP contribution in [0.4, 0.5) is 22.7 Å². The van der Waals surface area contributed by atoms with Gasteiger partial charge in [0.15, 0.2) is 11.6 Å². The van der Waals surface area contributed by atoms with Crippen LogP contribution in [0.15, 0.2) is 116 Å². The molecule has 4 N–H and O–H groups in total. The van der Waals surface area contributed by atoms with Gasteiger partial charge in [-0.15, -0.1) is 0 Å². The number of benzene rings is 4. The van der Waals surface area contributed by atoms with Crippen molar-refractivity contribution in [2.45, 2.75) is 18.8 Å². The first-order valence-corrected chi connectivity index (χ1v) is 22.1. The van der Waals surface area contributed by atoms with Gasteiger partial charge in [0, 0.05) is 48.2 Å². The molecule has 2 aliphatic heterocycles. The van der Waals surface area contributed by atoms with E-state index in [0.29, 0.717) is 115 Å². The number of aryl methyl sites for hydroxylation is 1. The Hall–Kier alpha value is -7.50. The number of nitrogens with one attached hydrogen (secondary N) is 4. The summed E-state index contributed by atoms with van der Waals surface area (Å²) in [5.74, 6) is -2.61. The number of hydrogen-bond donors (Lipinski definition) is 4. The second-order valence-corrected chi connectivity index (χ2v) is 17.0. The molecule has 4 aromatic heterocycles. The number of ether oxygens (including phenoxy) is 2. The molecule has 4 amide bonds. The summed E-state index contributed by atoms with van der Waals surface area (Å²) < 4.78 is 10.7. The van der Waals surface area contributed by atoms with E-state index in [1.165, 1.54) is 12.4 Å². The summed E-state index contributed by atoms with van der Waals surface area (Å²) >= 11 is 12.3. The number of anilines is 4. The molecule has 8 aromatic rings. The third-order valence-corrected chi connectivity index (χ3v) is 12.2. The molecule has 0 aliphatic carbocycles. The van der Waals surface area contributed by atoms with Crippen LogP contribution < -0.4 is 20.4 Å². The minimum Gasteiger partial charge on any atom is -0.370 e. The van der Waals surface area contributed by atoms with Crippen LogP contribution in [-0.2, 0) is 28.7 Å². The van der Waals surface area contributed by atoms with Gasteiger partial charge in [-0.05, 0) is 115 Å². The van der Waals surface area contributed by atoms with Crippen LogP contribution in [0.25, 0.3) is 45.1 Å². The summed E-state index contributed by atoms with van der Waals surface area (Å²) in [4.78, 5) is 84.2. The quantitative estimate of drug-likeness (QED) is 0.0984. The van der Waals surface area contributed by atoms with Crippen LogP contribution in [0.1, 0.15) is 28.5 Å². The average Bonchev–Trinajstić information content (AvgIpc) is 3.96. The van der Waals surface area contributed by atoms with Gasteiger partial charge in [-0.25, -0.2) is 9.97 Å². The molecule has 2 unspecified atom stereocenters. The number of halogens is 2. The molecule has 6 heterocycles. The summed E-state index contributed by atoms with van der Waals surface area (Å²) in [6.45, 7) is 3.48. The number of aromatic nitrogens is 6. The molecule has 2 aliphatic rings. The number of carbonyl (C=O) groups excluding carboxylic acids is 4. The topological polar surface area (TPSA) is 200 Å². The molecule has 0 radical (unpaired) electrons. The highest BCUT2D eigenvalue weighted by atomic mass is 35.5. The minimum absolute atomic E-state index is 0.0110. The highest BCUT2D eigenvalue weighted by molar-refractivity contribution is 6.30. The Morgan fingerprint density at radius 3 is 1.63 bits per heavy atom. The SMILES string of the molecule is Cc1cc(NC(=O)C(c2ccc3nc(-c4ccc(Cl)cn4)[nH]c3c2)C(C(=O)Nc2ccc(N3CCOCC3=O)cc2)c2ccc3nc(-c4ccc(Cl)cn4)[nH]c3c2)ccc1N1CCOCC1=O. The second-order valence-electron chi connectivity index (χ2n) is 16.1. The van der Waals surface area contributed by atoms with Gasteiger partial charge in [0.05, 0.1) is 57.2 Å². The van der Waals surface area contributed by atoms with Crippen LogP contribution in [0.3, 0.4) is 0 Å². The van der Waals surface area contributed by atoms with E-state index in [2.05, 4.69) is 30.6 Å². The van der Waals surface area contributed by atoms with Crippen molar-refractivity contribution in [2.75, 3.05) is 60.0 Å². The van der Waals surface area contributed by atoms with Crippen molar-refractivity contribution in [1.29, 1.82) is 0 Å². The van der Waals surface area contributed by atoms with Gasteiger partial charge in [-0.2, -0.15) is 0 Å². The lowest BCUT2D eigenvalue weighted by Crippen LogP contribution is -2.42. The highest BCUT2D eigenvalue weighted by Crippen LogP contribution is 2.39. The lowest BCUT2D eigenvalue weighted by Gasteiger charge is -2.29. The summed E-state index contributed by atoms with van der Waals surface area (Å²) in [7, 11) is 0.